The molecule has 100 valence electrons. The minimum atomic E-state index is -0.158. The third-order valence-corrected chi connectivity index (χ3v) is 3.63. The van der Waals surface area contributed by atoms with Crippen molar-refractivity contribution < 1.29 is 9.53 Å². The fourth-order valence-corrected chi connectivity index (χ4v) is 2.32. The number of unbranched alkanes of at least 4 members (excludes halogenated alkanes) is 7. The monoisotopic (exact) mass is 241 g/mol. The van der Waals surface area contributed by atoms with E-state index in [0.29, 0.717) is 12.6 Å². The van der Waals surface area contributed by atoms with Gasteiger partial charge in [-0.1, -0.05) is 58.3 Å². The van der Waals surface area contributed by atoms with Gasteiger partial charge in [0.1, 0.15) is 6.61 Å². The highest BCUT2D eigenvalue weighted by atomic mass is 16.6. The summed E-state index contributed by atoms with van der Waals surface area (Å²) in [5, 5.41) is 0. The molecule has 0 aromatic rings. The van der Waals surface area contributed by atoms with Gasteiger partial charge >= 0.3 is 6.09 Å². The van der Waals surface area contributed by atoms with Crippen LogP contribution in [0.15, 0.2) is 0 Å². The molecule has 1 fully saturated rings. The molecule has 1 aliphatic heterocycles. The lowest BCUT2D eigenvalue weighted by Gasteiger charge is -2.15. The Kier molecular flexibility index (Phi) is 7.06. The number of hydrogen-bond acceptors (Lipinski definition) is 2. The van der Waals surface area contributed by atoms with Gasteiger partial charge < -0.3 is 9.64 Å². The lowest BCUT2D eigenvalue weighted by Crippen LogP contribution is -2.28. The first kappa shape index (κ1) is 14.3. The molecular formula is C14H27NO2. The summed E-state index contributed by atoms with van der Waals surface area (Å²) in [7, 11) is 1.84. The normalized spacial score (nSPS) is 19.8. The van der Waals surface area contributed by atoms with Crippen molar-refractivity contribution in [3.05, 3.63) is 0 Å². The van der Waals surface area contributed by atoms with Crippen LogP contribution in [0.5, 0.6) is 0 Å². The van der Waals surface area contributed by atoms with E-state index in [1.165, 1.54) is 51.4 Å². The maximum atomic E-state index is 11.1. The van der Waals surface area contributed by atoms with Gasteiger partial charge in [-0.15, -0.1) is 0 Å². The molecule has 1 atom stereocenters. The molecule has 0 radical (unpaired) electrons. The zero-order valence-electron chi connectivity index (χ0n) is 11.4. The van der Waals surface area contributed by atoms with E-state index in [0.717, 1.165) is 6.42 Å². The second-order valence-corrected chi connectivity index (χ2v) is 5.11. The van der Waals surface area contributed by atoms with E-state index in [1.54, 1.807) is 4.90 Å². The minimum Gasteiger partial charge on any atom is -0.447 e. The number of nitrogens with zero attached hydrogens (tertiary/aromatic N) is 1. The Labute approximate surface area is 106 Å². The Balaban J connectivity index is 1.89. The summed E-state index contributed by atoms with van der Waals surface area (Å²) in [5.74, 6) is 0. The van der Waals surface area contributed by atoms with Crippen molar-refractivity contribution in [1.29, 1.82) is 0 Å². The number of cyclic esters (lactones) is 1. The molecule has 0 aliphatic carbocycles. The number of carbonyl (C=O) groups is 1. The lowest BCUT2D eigenvalue weighted by atomic mass is 10.0. The zero-order chi connectivity index (χ0) is 12.5. The van der Waals surface area contributed by atoms with Gasteiger partial charge in [-0.3, -0.25) is 0 Å². The molecule has 0 aromatic heterocycles. The van der Waals surface area contributed by atoms with Gasteiger partial charge in [0, 0.05) is 7.05 Å². The fraction of sp³-hybridized carbons (Fsp3) is 0.929. The van der Waals surface area contributed by atoms with Crippen molar-refractivity contribution in [3.8, 4) is 0 Å². The van der Waals surface area contributed by atoms with Gasteiger partial charge in [-0.05, 0) is 6.42 Å². The molecule has 0 saturated carbocycles. The quantitative estimate of drug-likeness (QED) is 0.572. The summed E-state index contributed by atoms with van der Waals surface area (Å²) in [4.78, 5) is 12.9. The van der Waals surface area contributed by atoms with Crippen molar-refractivity contribution in [2.45, 2.75) is 70.8 Å². The molecule has 0 N–H and O–H groups in total. The number of carbonyl (C=O) groups excluding carboxylic acids is 1. The van der Waals surface area contributed by atoms with Gasteiger partial charge in [-0.25, -0.2) is 4.79 Å². The van der Waals surface area contributed by atoms with Crippen LogP contribution in [0, 0.1) is 0 Å². The van der Waals surface area contributed by atoms with E-state index in [9.17, 15) is 4.79 Å². The molecule has 3 nitrogen and oxygen atoms in total. The number of rotatable bonds is 9. The number of ether oxygens (including phenoxy) is 1. The van der Waals surface area contributed by atoms with Gasteiger partial charge in [0.2, 0.25) is 0 Å². The summed E-state index contributed by atoms with van der Waals surface area (Å²) in [5.41, 5.74) is 0. The summed E-state index contributed by atoms with van der Waals surface area (Å²) in [6, 6.07) is 0.322. The summed E-state index contributed by atoms with van der Waals surface area (Å²) in [6.07, 6.45) is 11.7. The summed E-state index contributed by atoms with van der Waals surface area (Å²) < 4.78 is 4.99. The predicted octanol–water partition coefficient (Wildman–Crippen LogP) is 3.97. The van der Waals surface area contributed by atoms with E-state index >= 15 is 0 Å². The Morgan fingerprint density at radius 2 is 1.71 bits per heavy atom. The van der Waals surface area contributed by atoms with Crippen LogP contribution < -0.4 is 0 Å². The maximum Gasteiger partial charge on any atom is 0.409 e. The molecule has 0 aromatic carbocycles. The van der Waals surface area contributed by atoms with Gasteiger partial charge in [0.25, 0.3) is 0 Å². The third kappa shape index (κ3) is 5.42. The Morgan fingerprint density at radius 1 is 1.12 bits per heavy atom. The molecule has 17 heavy (non-hydrogen) atoms. The standard InChI is InChI=1S/C14H27NO2/c1-3-4-5-6-7-8-9-10-11-13-12-17-14(16)15(13)2/h13H,3-12H2,1-2H3. The molecule has 3 heteroatoms. The van der Waals surface area contributed by atoms with E-state index < -0.39 is 0 Å². The van der Waals surface area contributed by atoms with Gasteiger partial charge in [0.05, 0.1) is 6.04 Å². The van der Waals surface area contributed by atoms with Crippen LogP contribution in [0.25, 0.3) is 0 Å². The van der Waals surface area contributed by atoms with Crippen LogP contribution in [-0.4, -0.2) is 30.7 Å². The van der Waals surface area contributed by atoms with Gasteiger partial charge in [-0.2, -0.15) is 0 Å². The molecule has 1 rings (SSSR count). The van der Waals surface area contributed by atoms with E-state index in [1.807, 2.05) is 7.05 Å². The SMILES string of the molecule is CCCCCCCCCCC1COC(=O)N1C. The molecule has 1 heterocycles. The van der Waals surface area contributed by atoms with Crippen LogP contribution >= 0.6 is 0 Å². The van der Waals surface area contributed by atoms with Crippen molar-refractivity contribution >= 4 is 6.09 Å². The highest BCUT2D eigenvalue weighted by Crippen LogP contribution is 2.17. The van der Waals surface area contributed by atoms with Crippen LogP contribution in [-0.2, 0) is 4.74 Å². The summed E-state index contributed by atoms with van der Waals surface area (Å²) >= 11 is 0. The first-order valence-electron chi connectivity index (χ1n) is 7.15. The van der Waals surface area contributed by atoms with Crippen molar-refractivity contribution in [2.24, 2.45) is 0 Å². The predicted molar refractivity (Wildman–Crippen MR) is 70.1 cm³/mol. The maximum absolute atomic E-state index is 11.1. The van der Waals surface area contributed by atoms with Crippen LogP contribution in [0.3, 0.4) is 0 Å². The number of hydrogen-bond donors (Lipinski definition) is 0. The topological polar surface area (TPSA) is 29.5 Å². The van der Waals surface area contributed by atoms with Gasteiger partial charge in [0.15, 0.2) is 0 Å². The lowest BCUT2D eigenvalue weighted by molar-refractivity contribution is 0.163. The fourth-order valence-electron chi connectivity index (χ4n) is 2.32. The first-order chi connectivity index (χ1) is 8.25. The van der Waals surface area contributed by atoms with Crippen molar-refractivity contribution in [1.82, 2.24) is 4.90 Å². The van der Waals surface area contributed by atoms with E-state index in [2.05, 4.69) is 6.92 Å². The Bertz CT molecular complexity index is 218. The van der Waals surface area contributed by atoms with Crippen molar-refractivity contribution in [2.75, 3.05) is 13.7 Å². The van der Waals surface area contributed by atoms with Crippen LogP contribution in [0.1, 0.15) is 64.7 Å². The largest absolute Gasteiger partial charge is 0.447 e. The molecule has 1 aliphatic rings. The third-order valence-electron chi connectivity index (χ3n) is 3.63. The van der Waals surface area contributed by atoms with Crippen LogP contribution in [0.4, 0.5) is 4.79 Å². The molecule has 0 spiro atoms. The molecule has 0 bridgehead atoms. The summed E-state index contributed by atoms with van der Waals surface area (Å²) in [6.45, 7) is 2.84. The van der Waals surface area contributed by atoms with E-state index in [4.69, 9.17) is 4.74 Å². The van der Waals surface area contributed by atoms with Crippen LogP contribution in [0.2, 0.25) is 0 Å². The number of likely N-dealkylation sites (N-methyl/N-ethyl adjacent to an activating group) is 1. The zero-order valence-corrected chi connectivity index (χ0v) is 11.4. The molecule has 1 amide bonds. The molecular weight excluding hydrogens is 214 g/mol. The second-order valence-electron chi connectivity index (χ2n) is 5.11. The molecule has 1 unspecified atom stereocenters. The second kappa shape index (κ2) is 8.37. The first-order valence-corrected chi connectivity index (χ1v) is 7.15. The molecule has 1 saturated heterocycles. The highest BCUT2D eigenvalue weighted by molar-refractivity contribution is 5.69. The average Bonchev–Trinajstić information content (AvgIpc) is 2.64. The average molecular weight is 241 g/mol. The Hall–Kier alpha value is -0.730. The Morgan fingerprint density at radius 3 is 2.24 bits per heavy atom. The minimum absolute atomic E-state index is 0.158. The van der Waals surface area contributed by atoms with Crippen molar-refractivity contribution in [3.63, 3.8) is 0 Å². The smallest absolute Gasteiger partial charge is 0.409 e. The highest BCUT2D eigenvalue weighted by Gasteiger charge is 2.28. The van der Waals surface area contributed by atoms with E-state index in [-0.39, 0.29) is 6.09 Å². The number of amides is 1.